The van der Waals surface area contributed by atoms with Crippen LogP contribution in [0.5, 0.6) is 23.0 Å². The first-order valence-electron chi connectivity index (χ1n) is 34.7. The van der Waals surface area contributed by atoms with Crippen LogP contribution in [-0.4, -0.2) is 18.0 Å². The van der Waals surface area contributed by atoms with E-state index < -0.39 is 0 Å². The summed E-state index contributed by atoms with van der Waals surface area (Å²) in [5, 5.41) is 2.44. The molecule has 4 aliphatic heterocycles. The van der Waals surface area contributed by atoms with Crippen LogP contribution in [-0.2, 0) is 10.8 Å². The molecule has 0 bridgehead atoms. The number of para-hydroxylation sites is 4. The van der Waals surface area contributed by atoms with Crippen LogP contribution in [0.1, 0.15) is 52.7 Å². The number of hydrogen-bond donors (Lipinski definition) is 0. The van der Waals surface area contributed by atoms with Gasteiger partial charge in [0.05, 0.1) is 22.4 Å². The predicted molar refractivity (Wildman–Crippen MR) is 417 cm³/mol. The Morgan fingerprint density at radius 1 is 0.273 bits per heavy atom. The Bertz CT molecular complexity index is 5610. The summed E-state index contributed by atoms with van der Waals surface area (Å²) in [7, 11) is 0. The molecule has 7 heteroatoms. The summed E-state index contributed by atoms with van der Waals surface area (Å²) in [6.45, 7) is 13.4. The number of fused-ring (bicyclic) bond motifs is 11. The molecule has 19 rings (SSSR count). The lowest BCUT2D eigenvalue weighted by Gasteiger charge is -2.45. The van der Waals surface area contributed by atoms with E-state index in [1.165, 1.54) is 32.8 Å². The number of hydrogen-bond acceptors (Lipinski definition) is 4. The molecule has 5 nitrogen and oxygen atoms in total. The van der Waals surface area contributed by atoms with Crippen LogP contribution in [0.2, 0.25) is 0 Å². The van der Waals surface area contributed by atoms with Gasteiger partial charge >= 0.3 is 0 Å². The van der Waals surface area contributed by atoms with Crippen molar-refractivity contribution >= 4 is 102 Å². The third-order valence-electron chi connectivity index (χ3n) is 21.2. The van der Waals surface area contributed by atoms with E-state index in [9.17, 15) is 0 Å². The molecular weight excluding hydrogens is 1200 g/mol. The maximum absolute atomic E-state index is 7.97. The summed E-state index contributed by atoms with van der Waals surface area (Å²) < 4.78 is 18.0. The van der Waals surface area contributed by atoms with Crippen LogP contribution in [0.15, 0.2) is 309 Å². The maximum atomic E-state index is 7.97. The van der Waals surface area contributed by atoms with Crippen LogP contribution in [0, 0.1) is 0 Å². The fourth-order valence-electron chi connectivity index (χ4n) is 16.4. The molecule has 0 aliphatic carbocycles. The highest BCUT2D eigenvalue weighted by atomic mass is 16.5. The van der Waals surface area contributed by atoms with Gasteiger partial charge in [-0.2, -0.15) is 0 Å². The van der Waals surface area contributed by atoms with Gasteiger partial charge in [-0.25, -0.2) is 0 Å². The zero-order chi connectivity index (χ0) is 66.4. The van der Waals surface area contributed by atoms with E-state index in [-0.39, 0.29) is 24.3 Å². The molecule has 0 saturated carbocycles. The van der Waals surface area contributed by atoms with Crippen molar-refractivity contribution in [2.24, 2.45) is 0 Å². The van der Waals surface area contributed by atoms with Crippen molar-refractivity contribution in [3.05, 3.63) is 321 Å². The minimum Gasteiger partial charge on any atom is -0.458 e. The first-order chi connectivity index (χ1) is 48.4. The molecule has 0 unspecified atom stereocenters. The number of rotatable bonds is 8. The lowest BCUT2D eigenvalue weighted by Crippen LogP contribution is -2.63. The van der Waals surface area contributed by atoms with Crippen LogP contribution in [0.3, 0.4) is 0 Å². The van der Waals surface area contributed by atoms with Crippen molar-refractivity contribution in [1.29, 1.82) is 0 Å². The van der Waals surface area contributed by atoms with Crippen LogP contribution in [0.4, 0.5) is 34.1 Å². The smallest absolute Gasteiger partial charge is 0.256 e. The van der Waals surface area contributed by atoms with E-state index in [2.05, 4.69) is 365 Å². The molecule has 4 aliphatic rings. The number of aromatic nitrogens is 1. The van der Waals surface area contributed by atoms with Crippen molar-refractivity contribution in [1.82, 2.24) is 4.57 Å². The molecule has 0 saturated heterocycles. The lowest BCUT2D eigenvalue weighted by molar-refractivity contribution is 0.483. The molecular formula is C92H69B2N3O2. The lowest BCUT2D eigenvalue weighted by atomic mass is 9.31. The second-order valence-electron chi connectivity index (χ2n) is 29.1. The number of ether oxygens (including phenoxy) is 2. The van der Waals surface area contributed by atoms with Crippen molar-refractivity contribution in [2.75, 3.05) is 9.80 Å². The van der Waals surface area contributed by atoms with Gasteiger partial charge in [0.1, 0.15) is 23.0 Å². The van der Waals surface area contributed by atoms with Crippen LogP contribution < -0.4 is 52.1 Å². The summed E-state index contributed by atoms with van der Waals surface area (Å²) >= 11 is 0. The fraction of sp³-hybridized carbons (Fsp3) is 0.0870. The Morgan fingerprint density at radius 3 is 1.12 bits per heavy atom. The van der Waals surface area contributed by atoms with E-state index >= 15 is 0 Å². The average molecular weight is 1270 g/mol. The highest BCUT2D eigenvalue weighted by Crippen LogP contribution is 2.54. The molecule has 0 N–H and O–H groups in total. The Balaban J connectivity index is 0.940. The Labute approximate surface area is 579 Å². The first-order valence-corrected chi connectivity index (χ1v) is 34.7. The van der Waals surface area contributed by atoms with Gasteiger partial charge in [-0.1, -0.05) is 290 Å². The Hall–Kier alpha value is -11.8. The van der Waals surface area contributed by atoms with E-state index in [1.807, 2.05) is 0 Å². The van der Waals surface area contributed by atoms with Gasteiger partial charge in [0.2, 0.25) is 0 Å². The van der Waals surface area contributed by atoms with Crippen molar-refractivity contribution in [3.8, 4) is 84.3 Å². The zero-order valence-electron chi connectivity index (χ0n) is 56.3. The van der Waals surface area contributed by atoms with Crippen LogP contribution in [0.25, 0.3) is 83.1 Å². The Morgan fingerprint density at radius 2 is 0.667 bits per heavy atom. The van der Waals surface area contributed by atoms with Gasteiger partial charge < -0.3 is 23.8 Å². The molecule has 14 aromatic carbocycles. The molecule has 0 fully saturated rings. The number of nitrogens with zero attached hydrogens (tertiary/aromatic N) is 3. The van der Waals surface area contributed by atoms with Crippen molar-refractivity contribution in [3.63, 3.8) is 0 Å². The van der Waals surface area contributed by atoms with Crippen LogP contribution >= 0.6 is 0 Å². The SMILES string of the molecule is CC(C)(C)c1cc2c3c(c1)N(c1c(-c4ccccc4)cccc1-c1ccccc1)c1cc(-n4c5ccccc5c5ccccc54)ccc1B3c1cc3c(cc1O2)N(c1c(-c2ccccc2)cccc1-c1ccccc1)c1cc(C(C)(C)C)cc2c1B3c1ccc(-c3ccccc3)cc1O2. The quantitative estimate of drug-likeness (QED) is 0.142. The first kappa shape index (κ1) is 58.6. The summed E-state index contributed by atoms with van der Waals surface area (Å²) in [5.41, 5.74) is 29.9. The third kappa shape index (κ3) is 9.31. The molecule has 0 atom stereocenters. The monoisotopic (exact) mass is 1270 g/mol. The molecule has 99 heavy (non-hydrogen) atoms. The fourth-order valence-corrected chi connectivity index (χ4v) is 16.4. The normalized spacial score (nSPS) is 13.2. The molecule has 0 radical (unpaired) electrons. The largest absolute Gasteiger partial charge is 0.458 e. The van der Waals surface area contributed by atoms with Gasteiger partial charge in [-0.3, -0.25) is 0 Å². The summed E-state index contributed by atoms with van der Waals surface area (Å²) in [6, 6.07) is 115. The molecule has 0 spiro atoms. The minimum atomic E-state index is -0.284. The second kappa shape index (κ2) is 22.4. The molecule has 15 aromatic rings. The van der Waals surface area contributed by atoms with Gasteiger partial charge in [-0.05, 0) is 143 Å². The minimum absolute atomic E-state index is 0.245. The van der Waals surface area contributed by atoms with E-state index in [0.717, 1.165) is 151 Å². The number of benzene rings is 14. The second-order valence-corrected chi connectivity index (χ2v) is 29.1. The van der Waals surface area contributed by atoms with Crippen molar-refractivity contribution < 1.29 is 9.47 Å². The van der Waals surface area contributed by atoms with Gasteiger partial charge in [0.15, 0.2) is 0 Å². The van der Waals surface area contributed by atoms with Gasteiger partial charge in [0.25, 0.3) is 13.4 Å². The molecule has 470 valence electrons. The summed E-state index contributed by atoms with van der Waals surface area (Å²) in [6.07, 6.45) is 0. The number of anilines is 6. The van der Waals surface area contributed by atoms with E-state index in [0.29, 0.717) is 0 Å². The molecule has 1 aromatic heterocycles. The standard InChI is InChI=1S/C92H69B2N3O2/c1-91(2,3)64-51-81-87-85(53-64)99-84-57-80-75(56-76(84)93(87)73-49-47-66(95-77-44-24-22-38-71(77)72-39-23-25-45-78(72)95)55-79(73)96(81)89-67(59-30-14-8-15-31-59)40-26-41-68(89)60-32-16-9-17-33-60)94-74-48-46-63(58-28-12-7-13-29-58)50-83(74)98-86-54-65(92(4,5)6)52-82(88(86)94)97(80)90-69(61-34-18-10-19-35-61)42-27-43-70(90)62-36-20-11-21-37-62/h7-57H,1-6H3. The maximum Gasteiger partial charge on any atom is 0.256 e. The van der Waals surface area contributed by atoms with Gasteiger partial charge in [-0.15, -0.1) is 0 Å². The summed E-state index contributed by atoms with van der Waals surface area (Å²) in [5.74, 6) is 3.41. The average Bonchev–Trinajstić information content (AvgIpc) is 1.06. The highest BCUT2D eigenvalue weighted by molar-refractivity contribution is 7.02. The predicted octanol–water partition coefficient (Wildman–Crippen LogP) is 20.5. The highest BCUT2D eigenvalue weighted by Gasteiger charge is 2.49. The Kier molecular flexibility index (Phi) is 13.2. The van der Waals surface area contributed by atoms with E-state index in [1.54, 1.807) is 0 Å². The van der Waals surface area contributed by atoms with Crippen molar-refractivity contribution in [2.45, 2.75) is 52.4 Å². The third-order valence-corrected chi connectivity index (χ3v) is 21.2. The molecule has 5 heterocycles. The van der Waals surface area contributed by atoms with Gasteiger partial charge in [0, 0.05) is 67.5 Å². The topological polar surface area (TPSA) is 29.9 Å². The summed E-state index contributed by atoms with van der Waals surface area (Å²) in [4.78, 5) is 5.21. The zero-order valence-corrected chi connectivity index (χ0v) is 56.3. The molecule has 0 amide bonds. The van der Waals surface area contributed by atoms with E-state index in [4.69, 9.17) is 9.47 Å².